The van der Waals surface area contributed by atoms with E-state index in [0.29, 0.717) is 6.42 Å². The van der Waals surface area contributed by atoms with Crippen LogP contribution in [0.15, 0.2) is 48.8 Å². The maximum absolute atomic E-state index is 12.5. The molecule has 8 heteroatoms. The highest BCUT2D eigenvalue weighted by Gasteiger charge is 2.21. The van der Waals surface area contributed by atoms with Crippen molar-refractivity contribution in [3.63, 3.8) is 0 Å². The number of hydrogen-bond donors (Lipinski definition) is 1. The monoisotopic (exact) mass is 376 g/mol. The van der Waals surface area contributed by atoms with E-state index in [9.17, 15) is 9.59 Å². The molecule has 3 aromatic rings. The highest BCUT2D eigenvalue weighted by Crippen LogP contribution is 2.22. The molecule has 1 aliphatic heterocycles. The van der Waals surface area contributed by atoms with Gasteiger partial charge in [0, 0.05) is 24.3 Å². The van der Waals surface area contributed by atoms with Gasteiger partial charge in [-0.2, -0.15) is 0 Å². The van der Waals surface area contributed by atoms with Crippen LogP contribution in [-0.2, 0) is 16.0 Å². The van der Waals surface area contributed by atoms with Gasteiger partial charge in [0.25, 0.3) is 0 Å². The smallest absolute Gasteiger partial charge is 0.228 e. The van der Waals surface area contributed by atoms with Gasteiger partial charge in [0.2, 0.25) is 11.8 Å². The van der Waals surface area contributed by atoms with Crippen LogP contribution < -0.4 is 10.2 Å². The number of carbonyl (C=O) groups is 2. The summed E-state index contributed by atoms with van der Waals surface area (Å²) in [7, 11) is 0. The summed E-state index contributed by atoms with van der Waals surface area (Å²) >= 11 is 0. The molecule has 142 valence electrons. The van der Waals surface area contributed by atoms with Gasteiger partial charge in [-0.05, 0) is 59.2 Å². The number of benzene rings is 2. The summed E-state index contributed by atoms with van der Waals surface area (Å²) in [5.74, 6) is 0.0467. The molecular formula is C20H20N6O2. The third-order valence-electron chi connectivity index (χ3n) is 4.79. The Kier molecular flexibility index (Phi) is 4.84. The molecule has 2 amide bonds. The van der Waals surface area contributed by atoms with Gasteiger partial charge in [-0.25, -0.2) is 4.68 Å². The van der Waals surface area contributed by atoms with E-state index in [0.717, 1.165) is 41.2 Å². The molecule has 0 saturated carbocycles. The van der Waals surface area contributed by atoms with Crippen molar-refractivity contribution in [2.75, 3.05) is 16.8 Å². The third-order valence-corrected chi connectivity index (χ3v) is 4.79. The Bertz CT molecular complexity index is 998. The first-order valence-electron chi connectivity index (χ1n) is 9.13. The van der Waals surface area contributed by atoms with Crippen LogP contribution in [0.1, 0.15) is 24.0 Å². The molecule has 1 fully saturated rings. The van der Waals surface area contributed by atoms with Crippen molar-refractivity contribution >= 4 is 23.2 Å². The average molecular weight is 376 g/mol. The summed E-state index contributed by atoms with van der Waals surface area (Å²) < 4.78 is 1.54. The molecule has 1 aromatic heterocycles. The van der Waals surface area contributed by atoms with Gasteiger partial charge in [-0.3, -0.25) is 9.59 Å². The Morgan fingerprint density at radius 2 is 1.93 bits per heavy atom. The van der Waals surface area contributed by atoms with E-state index in [-0.39, 0.29) is 18.2 Å². The Morgan fingerprint density at radius 1 is 1.14 bits per heavy atom. The van der Waals surface area contributed by atoms with E-state index in [1.165, 1.54) is 11.0 Å². The second kappa shape index (κ2) is 7.59. The number of rotatable bonds is 5. The van der Waals surface area contributed by atoms with E-state index in [2.05, 4.69) is 20.8 Å². The van der Waals surface area contributed by atoms with Gasteiger partial charge in [-0.15, -0.1) is 5.10 Å². The predicted molar refractivity (Wildman–Crippen MR) is 104 cm³/mol. The van der Waals surface area contributed by atoms with Crippen LogP contribution in [0.3, 0.4) is 0 Å². The van der Waals surface area contributed by atoms with Gasteiger partial charge in [-0.1, -0.05) is 18.2 Å². The zero-order chi connectivity index (χ0) is 19.5. The van der Waals surface area contributed by atoms with Gasteiger partial charge in [0.1, 0.15) is 6.33 Å². The number of anilines is 2. The van der Waals surface area contributed by atoms with Crippen molar-refractivity contribution in [2.24, 2.45) is 0 Å². The molecule has 4 rings (SSSR count). The van der Waals surface area contributed by atoms with Gasteiger partial charge in [0.15, 0.2) is 0 Å². The van der Waals surface area contributed by atoms with Gasteiger partial charge in [0.05, 0.1) is 12.1 Å². The van der Waals surface area contributed by atoms with Crippen LogP contribution in [0.5, 0.6) is 0 Å². The molecule has 1 saturated heterocycles. The first-order valence-corrected chi connectivity index (χ1v) is 9.13. The molecule has 0 spiro atoms. The van der Waals surface area contributed by atoms with Crippen molar-refractivity contribution in [1.82, 2.24) is 20.2 Å². The summed E-state index contributed by atoms with van der Waals surface area (Å²) in [6, 6.07) is 13.2. The maximum Gasteiger partial charge on any atom is 0.228 e. The predicted octanol–water partition coefficient (Wildman–Crippen LogP) is 2.28. The second-order valence-corrected chi connectivity index (χ2v) is 6.79. The zero-order valence-corrected chi connectivity index (χ0v) is 15.5. The average Bonchev–Trinajstić information content (AvgIpc) is 3.36. The van der Waals surface area contributed by atoms with Crippen molar-refractivity contribution in [2.45, 2.75) is 26.2 Å². The summed E-state index contributed by atoms with van der Waals surface area (Å²) in [6.07, 6.45) is 3.25. The number of aromatic nitrogens is 4. The summed E-state index contributed by atoms with van der Waals surface area (Å²) in [5.41, 5.74) is 4.22. The zero-order valence-electron chi connectivity index (χ0n) is 15.5. The number of amides is 2. The lowest BCUT2D eigenvalue weighted by Crippen LogP contribution is -2.23. The van der Waals surface area contributed by atoms with E-state index in [1.807, 2.05) is 49.4 Å². The number of nitrogens with zero attached hydrogens (tertiary/aromatic N) is 5. The minimum Gasteiger partial charge on any atom is -0.325 e. The normalized spacial score (nSPS) is 13.8. The van der Waals surface area contributed by atoms with Crippen molar-refractivity contribution < 1.29 is 9.59 Å². The highest BCUT2D eigenvalue weighted by molar-refractivity contribution is 5.96. The molecule has 0 aliphatic carbocycles. The first kappa shape index (κ1) is 17.8. The van der Waals surface area contributed by atoms with Gasteiger partial charge < -0.3 is 10.2 Å². The number of carbonyl (C=O) groups excluding carboxylic acids is 2. The number of hydrogen-bond acceptors (Lipinski definition) is 5. The summed E-state index contributed by atoms with van der Waals surface area (Å²) in [4.78, 5) is 26.1. The lowest BCUT2D eigenvalue weighted by Gasteiger charge is -2.16. The minimum absolute atomic E-state index is 0.109. The molecular weight excluding hydrogens is 356 g/mol. The first-order chi connectivity index (χ1) is 13.6. The van der Waals surface area contributed by atoms with E-state index < -0.39 is 0 Å². The number of nitrogens with one attached hydrogen (secondary N) is 1. The molecule has 1 aliphatic rings. The van der Waals surface area contributed by atoms with Crippen LogP contribution in [0.4, 0.5) is 11.4 Å². The SMILES string of the molecule is Cc1ccc(-n2cnnn2)cc1NC(=O)Cc1ccc(N2CCCC2=O)cc1. The van der Waals surface area contributed by atoms with Crippen molar-refractivity contribution in [3.8, 4) is 5.69 Å². The molecule has 0 atom stereocenters. The molecule has 0 radical (unpaired) electrons. The van der Waals surface area contributed by atoms with E-state index in [4.69, 9.17) is 0 Å². The van der Waals surface area contributed by atoms with Crippen LogP contribution >= 0.6 is 0 Å². The fourth-order valence-electron chi connectivity index (χ4n) is 3.26. The third kappa shape index (κ3) is 3.75. The largest absolute Gasteiger partial charge is 0.325 e. The maximum atomic E-state index is 12.5. The Hall–Kier alpha value is -3.55. The fourth-order valence-corrected chi connectivity index (χ4v) is 3.26. The standard InChI is InChI=1S/C20H20N6O2/c1-14-4-7-17(26-13-21-23-24-26)12-18(14)22-19(27)11-15-5-8-16(9-6-15)25-10-2-3-20(25)28/h4-9,12-13H,2-3,10-11H2,1H3,(H,22,27). The van der Waals surface area contributed by atoms with Crippen LogP contribution in [-0.4, -0.2) is 38.6 Å². The van der Waals surface area contributed by atoms with E-state index in [1.54, 1.807) is 4.90 Å². The van der Waals surface area contributed by atoms with Crippen LogP contribution in [0.25, 0.3) is 5.69 Å². The van der Waals surface area contributed by atoms with Gasteiger partial charge >= 0.3 is 0 Å². The van der Waals surface area contributed by atoms with Crippen LogP contribution in [0.2, 0.25) is 0 Å². The molecule has 2 aromatic carbocycles. The minimum atomic E-state index is -0.109. The molecule has 0 bridgehead atoms. The lowest BCUT2D eigenvalue weighted by atomic mass is 10.1. The summed E-state index contributed by atoms with van der Waals surface area (Å²) in [6.45, 7) is 2.69. The van der Waals surface area contributed by atoms with Crippen molar-refractivity contribution in [3.05, 3.63) is 59.9 Å². The van der Waals surface area contributed by atoms with E-state index >= 15 is 0 Å². The van der Waals surface area contributed by atoms with Crippen molar-refractivity contribution in [1.29, 1.82) is 0 Å². The topological polar surface area (TPSA) is 93.0 Å². The number of aryl methyl sites for hydroxylation is 1. The molecule has 2 heterocycles. The molecule has 28 heavy (non-hydrogen) atoms. The molecule has 0 unspecified atom stereocenters. The molecule has 8 nitrogen and oxygen atoms in total. The lowest BCUT2D eigenvalue weighted by molar-refractivity contribution is -0.117. The Labute approximate surface area is 162 Å². The number of tetrazole rings is 1. The fraction of sp³-hybridized carbons (Fsp3) is 0.250. The molecule has 1 N–H and O–H groups in total. The van der Waals surface area contributed by atoms with Crippen LogP contribution in [0, 0.1) is 6.92 Å². The Balaban J connectivity index is 1.43. The highest BCUT2D eigenvalue weighted by atomic mass is 16.2. The second-order valence-electron chi connectivity index (χ2n) is 6.79. The summed E-state index contributed by atoms with van der Waals surface area (Å²) in [5, 5.41) is 14.1. The quantitative estimate of drug-likeness (QED) is 0.737. The Morgan fingerprint density at radius 3 is 2.61 bits per heavy atom.